The molecule has 0 bridgehead atoms. The molecule has 0 atom stereocenters. The molecule has 0 aliphatic heterocycles. The summed E-state index contributed by atoms with van der Waals surface area (Å²) >= 11 is 0. The molecule has 0 spiro atoms. The van der Waals surface area contributed by atoms with Gasteiger partial charge >= 0.3 is 0 Å². The minimum Gasteiger partial charge on any atom is -0.399 e. The van der Waals surface area contributed by atoms with E-state index >= 15 is 0 Å². The second-order valence-electron chi connectivity index (χ2n) is 5.72. The molecule has 2 rings (SSSR count). The Labute approximate surface area is 142 Å². The molecule has 0 radical (unpaired) electrons. The van der Waals surface area contributed by atoms with E-state index in [9.17, 15) is 9.59 Å². The van der Waals surface area contributed by atoms with E-state index in [0.29, 0.717) is 30.0 Å². The number of nitrogens with zero attached hydrogens (tertiary/aromatic N) is 1. The Morgan fingerprint density at radius 2 is 1.88 bits per heavy atom. The standard InChI is InChI=1S/C19H23N3O2/c1-4-22(14(3)23)12-15-7-5-6-8-18(15)21-19(24)17-11-16(20)10-9-13(17)2/h5-11H,4,12,20H2,1-3H3,(H,21,24). The number of hydrogen-bond donors (Lipinski definition) is 2. The van der Waals surface area contributed by atoms with Gasteiger partial charge in [-0.3, -0.25) is 9.59 Å². The number of rotatable bonds is 5. The second-order valence-corrected chi connectivity index (χ2v) is 5.72. The number of carbonyl (C=O) groups excluding carboxylic acids is 2. The lowest BCUT2D eigenvalue weighted by Gasteiger charge is -2.21. The maximum atomic E-state index is 12.6. The minimum absolute atomic E-state index is 0.00491. The van der Waals surface area contributed by atoms with Crippen molar-refractivity contribution < 1.29 is 9.59 Å². The number of nitrogen functional groups attached to an aromatic ring is 1. The summed E-state index contributed by atoms with van der Waals surface area (Å²) in [5, 5.41) is 2.93. The largest absolute Gasteiger partial charge is 0.399 e. The van der Waals surface area contributed by atoms with Crippen LogP contribution in [0.1, 0.15) is 35.3 Å². The second kappa shape index (κ2) is 7.64. The van der Waals surface area contributed by atoms with Gasteiger partial charge in [0.15, 0.2) is 0 Å². The molecular weight excluding hydrogens is 302 g/mol. The van der Waals surface area contributed by atoms with E-state index in [1.165, 1.54) is 0 Å². The third-order valence-electron chi connectivity index (χ3n) is 3.96. The zero-order chi connectivity index (χ0) is 17.7. The van der Waals surface area contributed by atoms with Crippen molar-refractivity contribution in [2.45, 2.75) is 27.3 Å². The van der Waals surface area contributed by atoms with Crippen molar-refractivity contribution >= 4 is 23.2 Å². The summed E-state index contributed by atoms with van der Waals surface area (Å²) in [6.07, 6.45) is 0. The van der Waals surface area contributed by atoms with Crippen molar-refractivity contribution in [3.63, 3.8) is 0 Å². The van der Waals surface area contributed by atoms with Crippen LogP contribution in [-0.2, 0) is 11.3 Å². The van der Waals surface area contributed by atoms with Gasteiger partial charge in [-0.2, -0.15) is 0 Å². The maximum Gasteiger partial charge on any atom is 0.256 e. The molecule has 0 saturated heterocycles. The van der Waals surface area contributed by atoms with E-state index < -0.39 is 0 Å². The predicted octanol–water partition coefficient (Wildman–Crippen LogP) is 3.20. The average molecular weight is 325 g/mol. The molecule has 5 heteroatoms. The number of carbonyl (C=O) groups is 2. The van der Waals surface area contributed by atoms with E-state index in [-0.39, 0.29) is 11.8 Å². The highest BCUT2D eigenvalue weighted by atomic mass is 16.2. The van der Waals surface area contributed by atoms with Crippen LogP contribution in [0.2, 0.25) is 0 Å². The number of nitrogens with one attached hydrogen (secondary N) is 1. The quantitative estimate of drug-likeness (QED) is 0.829. The third-order valence-corrected chi connectivity index (χ3v) is 3.96. The van der Waals surface area contributed by atoms with Gasteiger partial charge in [-0.25, -0.2) is 0 Å². The Morgan fingerprint density at radius 1 is 1.17 bits per heavy atom. The molecule has 2 amide bonds. The number of hydrogen-bond acceptors (Lipinski definition) is 3. The molecule has 0 heterocycles. The lowest BCUT2D eigenvalue weighted by molar-refractivity contribution is -0.129. The lowest BCUT2D eigenvalue weighted by atomic mass is 10.1. The fourth-order valence-electron chi connectivity index (χ4n) is 2.51. The van der Waals surface area contributed by atoms with Crippen LogP contribution in [0.3, 0.4) is 0 Å². The molecule has 2 aromatic rings. The first kappa shape index (κ1) is 17.5. The first-order valence-electron chi connectivity index (χ1n) is 7.93. The Hall–Kier alpha value is -2.82. The molecule has 0 unspecified atom stereocenters. The van der Waals surface area contributed by atoms with Gasteiger partial charge in [0.1, 0.15) is 0 Å². The number of para-hydroxylation sites is 1. The Balaban J connectivity index is 2.25. The zero-order valence-corrected chi connectivity index (χ0v) is 14.3. The summed E-state index contributed by atoms with van der Waals surface area (Å²) in [5.74, 6) is -0.205. The number of benzene rings is 2. The van der Waals surface area contributed by atoms with Crippen LogP contribution >= 0.6 is 0 Å². The molecule has 0 aromatic heterocycles. The number of nitrogens with two attached hydrogens (primary N) is 1. The van der Waals surface area contributed by atoms with Crippen LogP contribution in [0.25, 0.3) is 0 Å². The van der Waals surface area contributed by atoms with Gasteiger partial charge in [0.25, 0.3) is 5.91 Å². The molecule has 0 saturated carbocycles. The van der Waals surface area contributed by atoms with Gasteiger partial charge in [-0.05, 0) is 43.2 Å². The smallest absolute Gasteiger partial charge is 0.256 e. The molecule has 24 heavy (non-hydrogen) atoms. The monoisotopic (exact) mass is 325 g/mol. The number of anilines is 2. The third kappa shape index (κ3) is 4.13. The van der Waals surface area contributed by atoms with Crippen LogP contribution in [0.4, 0.5) is 11.4 Å². The van der Waals surface area contributed by atoms with Crippen LogP contribution < -0.4 is 11.1 Å². The fraction of sp³-hybridized carbons (Fsp3) is 0.263. The minimum atomic E-state index is -0.210. The molecule has 0 aliphatic carbocycles. The summed E-state index contributed by atoms with van der Waals surface area (Å²) in [7, 11) is 0. The van der Waals surface area contributed by atoms with Crippen LogP contribution in [0.15, 0.2) is 42.5 Å². The van der Waals surface area contributed by atoms with E-state index in [0.717, 1.165) is 11.1 Å². The zero-order valence-electron chi connectivity index (χ0n) is 14.3. The lowest BCUT2D eigenvalue weighted by Crippen LogP contribution is -2.28. The molecule has 0 fully saturated rings. The normalized spacial score (nSPS) is 10.3. The van der Waals surface area contributed by atoms with Crippen molar-refractivity contribution in [1.82, 2.24) is 4.90 Å². The van der Waals surface area contributed by atoms with Crippen LogP contribution in [0, 0.1) is 6.92 Å². The molecule has 126 valence electrons. The number of aryl methyl sites for hydroxylation is 1. The summed E-state index contributed by atoms with van der Waals surface area (Å²) < 4.78 is 0. The highest BCUT2D eigenvalue weighted by Gasteiger charge is 2.14. The summed E-state index contributed by atoms with van der Waals surface area (Å²) in [6.45, 7) is 6.42. The van der Waals surface area contributed by atoms with E-state index in [1.807, 2.05) is 44.2 Å². The van der Waals surface area contributed by atoms with E-state index in [2.05, 4.69) is 5.32 Å². The van der Waals surface area contributed by atoms with Crippen LogP contribution in [-0.4, -0.2) is 23.3 Å². The highest BCUT2D eigenvalue weighted by Crippen LogP contribution is 2.20. The van der Waals surface area contributed by atoms with Crippen molar-refractivity contribution in [3.8, 4) is 0 Å². The molecule has 5 nitrogen and oxygen atoms in total. The summed E-state index contributed by atoms with van der Waals surface area (Å²) in [5.41, 5.74) is 9.33. The Bertz CT molecular complexity index is 756. The van der Waals surface area contributed by atoms with Gasteiger partial charge < -0.3 is 16.0 Å². The SMILES string of the molecule is CCN(Cc1ccccc1NC(=O)c1cc(N)ccc1C)C(C)=O. The highest BCUT2D eigenvalue weighted by molar-refractivity contribution is 6.06. The molecule has 2 aromatic carbocycles. The molecule has 3 N–H and O–H groups in total. The van der Waals surface area contributed by atoms with Crippen molar-refractivity contribution in [1.29, 1.82) is 0 Å². The fourth-order valence-corrected chi connectivity index (χ4v) is 2.51. The Morgan fingerprint density at radius 3 is 2.54 bits per heavy atom. The van der Waals surface area contributed by atoms with Crippen LogP contribution in [0.5, 0.6) is 0 Å². The number of amides is 2. The topological polar surface area (TPSA) is 75.4 Å². The first-order chi connectivity index (χ1) is 11.4. The predicted molar refractivity (Wildman–Crippen MR) is 96.8 cm³/mol. The van der Waals surface area contributed by atoms with Gasteiger partial charge in [-0.15, -0.1) is 0 Å². The van der Waals surface area contributed by atoms with E-state index in [1.54, 1.807) is 24.0 Å². The summed E-state index contributed by atoms with van der Waals surface area (Å²) in [6, 6.07) is 12.8. The van der Waals surface area contributed by atoms with E-state index in [4.69, 9.17) is 5.73 Å². The molecule has 0 aliphatic rings. The average Bonchev–Trinajstić information content (AvgIpc) is 2.55. The van der Waals surface area contributed by atoms with Crippen molar-refractivity contribution in [2.24, 2.45) is 0 Å². The van der Waals surface area contributed by atoms with Crippen molar-refractivity contribution in [2.75, 3.05) is 17.6 Å². The summed E-state index contributed by atoms with van der Waals surface area (Å²) in [4.78, 5) is 25.9. The Kier molecular flexibility index (Phi) is 5.58. The van der Waals surface area contributed by atoms with Gasteiger partial charge in [-0.1, -0.05) is 24.3 Å². The molecular formula is C19H23N3O2. The first-order valence-corrected chi connectivity index (χ1v) is 7.93. The maximum absolute atomic E-state index is 12.6. The van der Waals surface area contributed by atoms with Gasteiger partial charge in [0, 0.05) is 37.0 Å². The van der Waals surface area contributed by atoms with Crippen molar-refractivity contribution in [3.05, 3.63) is 59.2 Å². The van der Waals surface area contributed by atoms with Gasteiger partial charge in [0.2, 0.25) is 5.91 Å². The van der Waals surface area contributed by atoms with Gasteiger partial charge in [0.05, 0.1) is 0 Å².